The Morgan fingerprint density at radius 1 is 0.818 bits per heavy atom. The number of hydrogen-bond donors (Lipinski definition) is 0. The van der Waals surface area contributed by atoms with Crippen LogP contribution in [0.2, 0.25) is 0 Å². The van der Waals surface area contributed by atoms with Gasteiger partial charge in [0.15, 0.2) is 0 Å². The van der Waals surface area contributed by atoms with Gasteiger partial charge in [0, 0.05) is 0 Å². The fourth-order valence-electron chi connectivity index (χ4n) is 1.59. The maximum absolute atomic E-state index is 3.65. The lowest BCUT2D eigenvalue weighted by molar-refractivity contribution is 0.967. The highest BCUT2D eigenvalue weighted by atomic mass is 13.9. The molecule has 0 nitrogen and oxygen atoms in total. The SMILES string of the molecule is C=C/C=C(\C)CCC=C(C)C.CC=CCCC=CC=C(C)C. The molecule has 0 atom stereocenters. The van der Waals surface area contributed by atoms with Crippen LogP contribution in [0.1, 0.15) is 67.2 Å². The first-order valence-electron chi connectivity index (χ1n) is 8.26. The summed E-state index contributed by atoms with van der Waals surface area (Å²) in [5.74, 6) is 0. The molecule has 0 saturated heterocycles. The summed E-state index contributed by atoms with van der Waals surface area (Å²) in [5.41, 5.74) is 4.15. The minimum atomic E-state index is 1.15. The molecule has 0 radical (unpaired) electrons. The summed E-state index contributed by atoms with van der Waals surface area (Å²) in [4.78, 5) is 0. The molecule has 0 aromatic rings. The van der Waals surface area contributed by atoms with Crippen molar-refractivity contribution in [3.63, 3.8) is 0 Å². The largest absolute Gasteiger partial charge is 0.0991 e. The number of hydrogen-bond acceptors (Lipinski definition) is 0. The molecule has 0 aliphatic rings. The zero-order valence-corrected chi connectivity index (χ0v) is 15.7. The monoisotopic (exact) mass is 300 g/mol. The second-order valence-corrected chi connectivity index (χ2v) is 5.89. The van der Waals surface area contributed by atoms with Gasteiger partial charge < -0.3 is 0 Å². The predicted octanol–water partition coefficient (Wildman–Crippen LogP) is 7.73. The van der Waals surface area contributed by atoms with E-state index < -0.39 is 0 Å². The molecule has 0 aromatic heterocycles. The molecule has 0 aromatic carbocycles. The Bertz CT molecular complexity index is 403. The minimum absolute atomic E-state index is 1.15. The first kappa shape index (κ1) is 22.7. The van der Waals surface area contributed by atoms with Crippen LogP contribution in [0.5, 0.6) is 0 Å². The molecule has 0 bridgehead atoms. The number of rotatable bonds is 8. The van der Waals surface area contributed by atoms with Crippen LogP contribution in [0, 0.1) is 0 Å². The Balaban J connectivity index is 0. The van der Waals surface area contributed by atoms with Gasteiger partial charge in [0.05, 0.1) is 0 Å². The zero-order chi connectivity index (χ0) is 17.2. The van der Waals surface area contributed by atoms with E-state index in [0.29, 0.717) is 0 Å². The van der Waals surface area contributed by atoms with Gasteiger partial charge in [-0.3, -0.25) is 0 Å². The normalized spacial score (nSPS) is 11.1. The van der Waals surface area contributed by atoms with Crippen molar-refractivity contribution in [2.75, 3.05) is 0 Å². The third-order valence-electron chi connectivity index (χ3n) is 2.79. The molecule has 0 saturated carbocycles. The highest BCUT2D eigenvalue weighted by molar-refractivity contribution is 5.09. The van der Waals surface area contributed by atoms with Gasteiger partial charge >= 0.3 is 0 Å². The van der Waals surface area contributed by atoms with Crippen LogP contribution in [-0.4, -0.2) is 0 Å². The van der Waals surface area contributed by atoms with Gasteiger partial charge in [-0.25, -0.2) is 0 Å². The Labute approximate surface area is 139 Å². The lowest BCUT2D eigenvalue weighted by Crippen LogP contribution is -1.75. The van der Waals surface area contributed by atoms with Gasteiger partial charge in [0.1, 0.15) is 0 Å². The lowest BCUT2D eigenvalue weighted by Gasteiger charge is -1.95. The highest BCUT2D eigenvalue weighted by Gasteiger charge is 1.85. The second-order valence-electron chi connectivity index (χ2n) is 5.89. The quantitative estimate of drug-likeness (QED) is 0.244. The average molecular weight is 301 g/mol. The van der Waals surface area contributed by atoms with E-state index in [1.54, 1.807) is 0 Å². The molecule has 0 fully saturated rings. The first-order valence-corrected chi connectivity index (χ1v) is 8.26. The van der Waals surface area contributed by atoms with Crippen molar-refractivity contribution in [1.82, 2.24) is 0 Å². The second kappa shape index (κ2) is 17.5. The molecule has 0 aliphatic carbocycles. The summed E-state index contributed by atoms with van der Waals surface area (Å²) < 4.78 is 0. The Hall–Kier alpha value is -1.56. The molecular formula is C22H36. The van der Waals surface area contributed by atoms with Gasteiger partial charge in [-0.15, -0.1) is 0 Å². The van der Waals surface area contributed by atoms with Gasteiger partial charge in [-0.05, 0) is 67.2 Å². The standard InChI is InChI=1S/2C11H18/c1-5-7-11(4)9-6-8-10(2)3;1-4-5-6-7-8-9-10-11(2)3/h5,7-8H,1,6,9H2,2-4H3;4-5,8-10H,6-7H2,1-3H3/b11-7+;. The molecule has 0 rings (SSSR count). The van der Waals surface area contributed by atoms with Gasteiger partial charge in [-0.1, -0.05) is 71.9 Å². The van der Waals surface area contributed by atoms with E-state index in [0.717, 1.165) is 25.7 Å². The van der Waals surface area contributed by atoms with E-state index in [1.807, 2.05) is 6.08 Å². The lowest BCUT2D eigenvalue weighted by atomic mass is 10.1. The highest BCUT2D eigenvalue weighted by Crippen LogP contribution is 2.05. The third kappa shape index (κ3) is 23.5. The fraction of sp³-hybridized carbons (Fsp3) is 0.455. The summed E-state index contributed by atoms with van der Waals surface area (Å²) in [7, 11) is 0. The Kier molecular flexibility index (Phi) is 18.1. The van der Waals surface area contributed by atoms with Crippen LogP contribution < -0.4 is 0 Å². The molecule has 22 heavy (non-hydrogen) atoms. The Morgan fingerprint density at radius 2 is 1.45 bits per heavy atom. The zero-order valence-electron chi connectivity index (χ0n) is 15.7. The summed E-state index contributed by atoms with van der Waals surface area (Å²) >= 11 is 0. The molecule has 0 unspecified atom stereocenters. The molecule has 0 spiro atoms. The van der Waals surface area contributed by atoms with Gasteiger partial charge in [-0.2, -0.15) is 0 Å². The van der Waals surface area contributed by atoms with E-state index in [-0.39, 0.29) is 0 Å². The molecule has 0 heterocycles. The first-order chi connectivity index (χ1) is 10.4. The van der Waals surface area contributed by atoms with Crippen LogP contribution in [0.4, 0.5) is 0 Å². The van der Waals surface area contributed by atoms with Crippen molar-refractivity contribution in [3.8, 4) is 0 Å². The van der Waals surface area contributed by atoms with Crippen LogP contribution in [-0.2, 0) is 0 Å². The average Bonchev–Trinajstić information content (AvgIpc) is 2.43. The number of allylic oxidation sites excluding steroid dienone is 11. The van der Waals surface area contributed by atoms with Crippen molar-refractivity contribution < 1.29 is 0 Å². The van der Waals surface area contributed by atoms with Crippen LogP contribution in [0.3, 0.4) is 0 Å². The molecular weight excluding hydrogens is 264 g/mol. The summed E-state index contributed by atoms with van der Waals surface area (Å²) in [6.45, 7) is 16.3. The smallest absolute Gasteiger partial charge is 0.0285 e. The molecule has 124 valence electrons. The molecule has 0 N–H and O–H groups in total. The van der Waals surface area contributed by atoms with Crippen molar-refractivity contribution in [2.45, 2.75) is 67.2 Å². The molecule has 0 aliphatic heterocycles. The summed E-state index contributed by atoms with van der Waals surface area (Å²) in [6, 6.07) is 0. The van der Waals surface area contributed by atoms with Crippen molar-refractivity contribution in [2.24, 2.45) is 0 Å². The van der Waals surface area contributed by atoms with Crippen LogP contribution >= 0.6 is 0 Å². The third-order valence-corrected chi connectivity index (χ3v) is 2.79. The Morgan fingerprint density at radius 3 is 1.95 bits per heavy atom. The minimum Gasteiger partial charge on any atom is -0.0991 e. The van der Waals surface area contributed by atoms with E-state index in [9.17, 15) is 0 Å². The van der Waals surface area contributed by atoms with Crippen molar-refractivity contribution >= 4 is 0 Å². The maximum Gasteiger partial charge on any atom is -0.0285 e. The van der Waals surface area contributed by atoms with E-state index in [4.69, 9.17) is 0 Å². The van der Waals surface area contributed by atoms with Gasteiger partial charge in [0.2, 0.25) is 0 Å². The van der Waals surface area contributed by atoms with E-state index in [2.05, 4.69) is 90.7 Å². The van der Waals surface area contributed by atoms with Crippen molar-refractivity contribution in [3.05, 3.63) is 71.9 Å². The topological polar surface area (TPSA) is 0 Å². The number of unbranched alkanes of at least 4 members (excludes halogenated alkanes) is 1. The summed E-state index contributed by atoms with van der Waals surface area (Å²) in [5, 5.41) is 0. The van der Waals surface area contributed by atoms with E-state index in [1.165, 1.54) is 16.7 Å². The van der Waals surface area contributed by atoms with Crippen molar-refractivity contribution in [1.29, 1.82) is 0 Å². The fourth-order valence-corrected chi connectivity index (χ4v) is 1.59. The van der Waals surface area contributed by atoms with Crippen LogP contribution in [0.25, 0.3) is 0 Å². The van der Waals surface area contributed by atoms with Crippen LogP contribution in [0.15, 0.2) is 71.9 Å². The summed E-state index contributed by atoms with van der Waals surface area (Å²) in [6.07, 6.45) is 21.5. The predicted molar refractivity (Wildman–Crippen MR) is 105 cm³/mol. The molecule has 0 amide bonds. The van der Waals surface area contributed by atoms with Gasteiger partial charge in [0.25, 0.3) is 0 Å². The molecule has 0 heteroatoms. The van der Waals surface area contributed by atoms with E-state index >= 15 is 0 Å². The maximum atomic E-state index is 3.65.